The van der Waals surface area contributed by atoms with Crippen LogP contribution in [-0.2, 0) is 0 Å². The molecule has 0 fully saturated rings. The number of anilines is 2. The Labute approximate surface area is 166 Å². The van der Waals surface area contributed by atoms with E-state index in [1.54, 1.807) is 36.4 Å². The summed E-state index contributed by atoms with van der Waals surface area (Å²) < 4.78 is 25.1. The summed E-state index contributed by atoms with van der Waals surface area (Å²) in [6.45, 7) is 0. The predicted octanol–water partition coefficient (Wildman–Crippen LogP) is 5.43. The number of hydrogen-bond acceptors (Lipinski definition) is 4. The van der Waals surface area contributed by atoms with Gasteiger partial charge in [0.05, 0.1) is 5.69 Å². The number of nitrogens with one attached hydrogen (secondary N) is 2. The second kappa shape index (κ2) is 7.32. The monoisotopic (exact) mass is 442 g/mol. The molecule has 0 saturated heterocycles. The molecule has 2 aromatic carbocycles. The van der Waals surface area contributed by atoms with Crippen LogP contribution in [-0.4, -0.2) is 11.8 Å². The molecule has 2 heterocycles. The Morgan fingerprint density at radius 1 is 0.857 bits per heavy atom. The van der Waals surface area contributed by atoms with Crippen LogP contribution in [0.4, 0.5) is 15.8 Å². The van der Waals surface area contributed by atoms with Crippen LogP contribution in [0.2, 0.25) is 0 Å². The first-order chi connectivity index (χ1) is 13.5. The molecule has 0 radical (unpaired) electrons. The quantitative estimate of drug-likeness (QED) is 0.441. The summed E-state index contributed by atoms with van der Waals surface area (Å²) in [5.74, 6) is -1.94. The number of halogens is 2. The summed E-state index contributed by atoms with van der Waals surface area (Å²) in [5, 5.41) is 5.63. The second-order valence-corrected chi connectivity index (χ2v) is 6.58. The highest BCUT2D eigenvalue weighted by Crippen LogP contribution is 2.32. The molecule has 4 rings (SSSR count). The highest BCUT2D eigenvalue weighted by molar-refractivity contribution is 9.10. The smallest absolute Gasteiger partial charge is 0.293 e. The van der Waals surface area contributed by atoms with Crippen LogP contribution in [0.3, 0.4) is 0 Å². The topological polar surface area (TPSA) is 84.5 Å². The Bertz CT molecular complexity index is 1200. The van der Waals surface area contributed by atoms with Gasteiger partial charge in [0.25, 0.3) is 11.8 Å². The SMILES string of the molecule is O=C(Nc1c(C(=O)Nc2ccccc2F)oc2ccccc12)c1ccc(Br)o1. The molecule has 2 aromatic heterocycles. The Balaban J connectivity index is 1.71. The van der Waals surface area contributed by atoms with Gasteiger partial charge in [0.2, 0.25) is 5.76 Å². The van der Waals surface area contributed by atoms with E-state index in [4.69, 9.17) is 8.83 Å². The number of carbonyl (C=O) groups is 2. The molecule has 0 unspecified atom stereocenters. The number of amides is 2. The molecule has 4 aromatic rings. The fourth-order valence-electron chi connectivity index (χ4n) is 2.68. The molecule has 28 heavy (non-hydrogen) atoms. The van der Waals surface area contributed by atoms with Gasteiger partial charge in [0.15, 0.2) is 10.4 Å². The van der Waals surface area contributed by atoms with Crippen molar-refractivity contribution in [3.63, 3.8) is 0 Å². The number of rotatable bonds is 4. The van der Waals surface area contributed by atoms with Crippen LogP contribution < -0.4 is 10.6 Å². The van der Waals surface area contributed by atoms with Gasteiger partial charge in [-0.25, -0.2) is 4.39 Å². The van der Waals surface area contributed by atoms with E-state index in [0.29, 0.717) is 15.6 Å². The zero-order valence-corrected chi connectivity index (χ0v) is 15.7. The van der Waals surface area contributed by atoms with Crippen molar-refractivity contribution in [2.45, 2.75) is 0 Å². The van der Waals surface area contributed by atoms with E-state index in [9.17, 15) is 14.0 Å². The lowest BCUT2D eigenvalue weighted by molar-refractivity contribution is 0.0994. The van der Waals surface area contributed by atoms with E-state index in [-0.39, 0.29) is 22.9 Å². The van der Waals surface area contributed by atoms with Gasteiger partial charge in [-0.15, -0.1) is 0 Å². The van der Waals surface area contributed by atoms with Gasteiger partial charge >= 0.3 is 0 Å². The second-order valence-electron chi connectivity index (χ2n) is 5.79. The molecule has 0 saturated carbocycles. The van der Waals surface area contributed by atoms with Gasteiger partial charge in [-0.1, -0.05) is 24.3 Å². The third-order valence-electron chi connectivity index (χ3n) is 3.96. The van der Waals surface area contributed by atoms with Gasteiger partial charge in [0, 0.05) is 5.39 Å². The van der Waals surface area contributed by atoms with Gasteiger partial charge in [-0.05, 0) is 52.3 Å². The van der Waals surface area contributed by atoms with Crippen molar-refractivity contribution in [3.05, 3.63) is 82.7 Å². The normalized spacial score (nSPS) is 10.8. The molecule has 0 aliphatic rings. The summed E-state index contributed by atoms with van der Waals surface area (Å²) in [6.07, 6.45) is 0. The molecule has 0 atom stereocenters. The molecule has 0 bridgehead atoms. The summed E-state index contributed by atoms with van der Waals surface area (Å²) >= 11 is 3.13. The number of benzene rings is 2. The maximum atomic E-state index is 13.9. The summed E-state index contributed by atoms with van der Waals surface area (Å²) in [6, 6.07) is 15.7. The maximum Gasteiger partial charge on any atom is 0.293 e. The lowest BCUT2D eigenvalue weighted by Gasteiger charge is -2.07. The maximum absolute atomic E-state index is 13.9. The summed E-state index contributed by atoms with van der Waals surface area (Å²) in [7, 11) is 0. The van der Waals surface area contributed by atoms with Crippen LogP contribution in [0.1, 0.15) is 21.1 Å². The van der Waals surface area contributed by atoms with Crippen LogP contribution in [0, 0.1) is 5.82 Å². The fourth-order valence-corrected chi connectivity index (χ4v) is 2.99. The third kappa shape index (κ3) is 3.41. The lowest BCUT2D eigenvalue weighted by atomic mass is 10.2. The largest absolute Gasteiger partial charge is 0.449 e. The zero-order chi connectivity index (χ0) is 19.7. The van der Waals surface area contributed by atoms with Gasteiger partial charge in [0.1, 0.15) is 17.1 Å². The molecule has 140 valence electrons. The highest BCUT2D eigenvalue weighted by atomic mass is 79.9. The molecule has 0 spiro atoms. The van der Waals surface area contributed by atoms with Crippen molar-refractivity contribution >= 4 is 50.1 Å². The van der Waals surface area contributed by atoms with Crippen molar-refractivity contribution < 1.29 is 22.8 Å². The van der Waals surface area contributed by atoms with Gasteiger partial charge < -0.3 is 19.5 Å². The first kappa shape index (κ1) is 18.0. The average molecular weight is 443 g/mol. The summed E-state index contributed by atoms with van der Waals surface area (Å²) in [4.78, 5) is 25.2. The highest BCUT2D eigenvalue weighted by Gasteiger charge is 2.24. The number of furan rings is 2. The average Bonchev–Trinajstić information content (AvgIpc) is 3.28. The van der Waals surface area contributed by atoms with Crippen molar-refractivity contribution in [2.24, 2.45) is 0 Å². The fraction of sp³-hybridized carbons (Fsp3) is 0. The van der Waals surface area contributed by atoms with E-state index in [1.807, 2.05) is 0 Å². The Hall–Kier alpha value is -3.39. The molecule has 6 nitrogen and oxygen atoms in total. The van der Waals surface area contributed by atoms with E-state index < -0.39 is 17.6 Å². The van der Waals surface area contributed by atoms with Crippen molar-refractivity contribution in [2.75, 3.05) is 10.6 Å². The number of fused-ring (bicyclic) bond motifs is 1. The van der Waals surface area contributed by atoms with Crippen LogP contribution in [0.15, 0.2) is 74.2 Å². The standard InChI is InChI=1S/C20H12BrFN2O4/c21-16-10-9-15(27-16)19(25)24-17-11-5-1-4-8-14(11)28-18(17)20(26)23-13-7-3-2-6-12(13)22/h1-10H,(H,23,26)(H,24,25). The van der Waals surface area contributed by atoms with Crippen LogP contribution in [0.25, 0.3) is 11.0 Å². The van der Waals surface area contributed by atoms with Gasteiger partial charge in [-0.3, -0.25) is 9.59 Å². The van der Waals surface area contributed by atoms with Crippen LogP contribution >= 0.6 is 15.9 Å². The van der Waals surface area contributed by atoms with E-state index >= 15 is 0 Å². The first-order valence-corrected chi connectivity index (χ1v) is 8.96. The number of para-hydroxylation sites is 2. The molecular formula is C20H12BrFN2O4. The minimum Gasteiger partial charge on any atom is -0.449 e. The van der Waals surface area contributed by atoms with E-state index in [2.05, 4.69) is 26.6 Å². The third-order valence-corrected chi connectivity index (χ3v) is 4.39. The Morgan fingerprint density at radius 3 is 2.36 bits per heavy atom. The minimum absolute atomic E-state index is 0.000183. The zero-order valence-electron chi connectivity index (χ0n) is 14.2. The first-order valence-electron chi connectivity index (χ1n) is 8.17. The van der Waals surface area contributed by atoms with Gasteiger partial charge in [-0.2, -0.15) is 0 Å². The number of carbonyl (C=O) groups excluding carboxylic acids is 2. The van der Waals surface area contributed by atoms with E-state index in [1.165, 1.54) is 24.3 Å². The molecule has 8 heteroatoms. The molecule has 0 aliphatic heterocycles. The van der Waals surface area contributed by atoms with Crippen molar-refractivity contribution in [1.29, 1.82) is 0 Å². The number of hydrogen-bond donors (Lipinski definition) is 2. The Kier molecular flexibility index (Phi) is 4.70. The predicted molar refractivity (Wildman–Crippen MR) is 105 cm³/mol. The van der Waals surface area contributed by atoms with Crippen molar-refractivity contribution in [3.8, 4) is 0 Å². The molecule has 2 N–H and O–H groups in total. The minimum atomic E-state index is -0.697. The van der Waals surface area contributed by atoms with E-state index in [0.717, 1.165) is 0 Å². The molecule has 2 amide bonds. The summed E-state index contributed by atoms with van der Waals surface area (Å²) in [5.41, 5.74) is 0.569. The molecule has 0 aliphatic carbocycles. The van der Waals surface area contributed by atoms with Crippen LogP contribution in [0.5, 0.6) is 0 Å². The molecular weight excluding hydrogens is 431 g/mol. The van der Waals surface area contributed by atoms with Crippen molar-refractivity contribution in [1.82, 2.24) is 0 Å². The Morgan fingerprint density at radius 2 is 1.61 bits per heavy atom. The lowest BCUT2D eigenvalue weighted by Crippen LogP contribution is -2.17.